The van der Waals surface area contributed by atoms with Gasteiger partial charge in [-0.2, -0.15) is 0 Å². The lowest BCUT2D eigenvalue weighted by molar-refractivity contribution is 0.0364. The number of hydrogen-bond acceptors (Lipinski definition) is 3. The molecule has 1 fully saturated rings. The molecular weight excluding hydrogens is 257 g/mol. The molecule has 106 valence electrons. The second-order valence-electron chi connectivity index (χ2n) is 4.96. The predicted molar refractivity (Wildman–Crippen MR) is 74.9 cm³/mol. The minimum Gasteiger partial charge on any atom is -0.379 e. The van der Waals surface area contributed by atoms with E-state index in [-0.39, 0.29) is 5.82 Å². The lowest BCUT2D eigenvalue weighted by Gasteiger charge is -2.26. The summed E-state index contributed by atoms with van der Waals surface area (Å²) in [7, 11) is 0. The van der Waals surface area contributed by atoms with Gasteiger partial charge in [0.2, 0.25) is 0 Å². The van der Waals surface area contributed by atoms with Crippen molar-refractivity contribution in [2.75, 3.05) is 32.8 Å². The van der Waals surface area contributed by atoms with Crippen LogP contribution >= 0.6 is 0 Å². The zero-order chi connectivity index (χ0) is 13.8. The molecule has 0 saturated carbocycles. The topological polar surface area (TPSA) is 30.3 Å². The summed E-state index contributed by atoms with van der Waals surface area (Å²) in [5.74, 6) is -0.222. The quantitative estimate of drug-likeness (QED) is 0.855. The van der Waals surface area contributed by atoms with Crippen molar-refractivity contribution in [3.63, 3.8) is 0 Å². The van der Waals surface area contributed by atoms with Crippen LogP contribution in [-0.4, -0.2) is 47.3 Å². The van der Waals surface area contributed by atoms with E-state index in [4.69, 9.17) is 4.74 Å². The maximum absolute atomic E-state index is 12.9. The van der Waals surface area contributed by atoms with Gasteiger partial charge in [0.25, 0.3) is 0 Å². The van der Waals surface area contributed by atoms with Gasteiger partial charge in [0.1, 0.15) is 5.82 Å². The lowest BCUT2D eigenvalue weighted by Crippen LogP contribution is -2.38. The Bertz CT molecular complexity index is 547. The molecule has 1 aromatic carbocycles. The molecule has 0 radical (unpaired) electrons. The van der Waals surface area contributed by atoms with Crippen molar-refractivity contribution in [2.24, 2.45) is 0 Å². The Morgan fingerprint density at radius 2 is 1.85 bits per heavy atom. The summed E-state index contributed by atoms with van der Waals surface area (Å²) in [6, 6.07) is 6.43. The molecule has 0 atom stereocenters. The van der Waals surface area contributed by atoms with E-state index in [1.165, 1.54) is 12.1 Å². The Hall–Kier alpha value is -1.72. The Morgan fingerprint density at radius 3 is 2.60 bits per heavy atom. The number of aromatic nitrogens is 2. The largest absolute Gasteiger partial charge is 0.379 e. The zero-order valence-electron chi connectivity index (χ0n) is 11.3. The summed E-state index contributed by atoms with van der Waals surface area (Å²) in [4.78, 5) is 6.77. The Morgan fingerprint density at radius 1 is 1.10 bits per heavy atom. The number of halogens is 1. The summed E-state index contributed by atoms with van der Waals surface area (Å²) in [5, 5.41) is 0. The van der Waals surface area contributed by atoms with Crippen LogP contribution < -0.4 is 0 Å². The van der Waals surface area contributed by atoms with Crippen LogP contribution in [0.1, 0.15) is 0 Å². The molecule has 0 spiro atoms. The Labute approximate surface area is 117 Å². The molecular formula is C15H18FN3O. The van der Waals surface area contributed by atoms with E-state index in [9.17, 15) is 4.39 Å². The Kier molecular flexibility index (Phi) is 4.08. The van der Waals surface area contributed by atoms with Gasteiger partial charge < -0.3 is 9.30 Å². The van der Waals surface area contributed by atoms with Crippen molar-refractivity contribution in [3.8, 4) is 11.3 Å². The van der Waals surface area contributed by atoms with Gasteiger partial charge in [-0.15, -0.1) is 0 Å². The first-order valence-corrected chi connectivity index (χ1v) is 6.89. The summed E-state index contributed by atoms with van der Waals surface area (Å²) in [6.07, 6.45) is 3.84. The van der Waals surface area contributed by atoms with Gasteiger partial charge in [0, 0.05) is 37.9 Å². The maximum atomic E-state index is 12.9. The highest BCUT2D eigenvalue weighted by atomic mass is 19.1. The number of ether oxygens (including phenoxy) is 1. The van der Waals surface area contributed by atoms with Crippen molar-refractivity contribution in [3.05, 3.63) is 42.6 Å². The standard InChI is InChI=1S/C15H18FN3O/c16-14-3-1-13(2-4-14)15-11-19(12-17-15)6-5-18-7-9-20-10-8-18/h1-4,11-12H,5-10H2. The van der Waals surface area contributed by atoms with Crippen molar-refractivity contribution in [2.45, 2.75) is 6.54 Å². The Balaban J connectivity index is 1.60. The minimum atomic E-state index is -0.222. The summed E-state index contributed by atoms with van der Waals surface area (Å²) in [5.41, 5.74) is 1.82. The third-order valence-electron chi connectivity index (χ3n) is 3.55. The number of imidazole rings is 1. The highest BCUT2D eigenvalue weighted by Gasteiger charge is 2.10. The fourth-order valence-corrected chi connectivity index (χ4v) is 2.33. The third-order valence-corrected chi connectivity index (χ3v) is 3.55. The summed E-state index contributed by atoms with van der Waals surface area (Å²) in [6.45, 7) is 5.56. The summed E-state index contributed by atoms with van der Waals surface area (Å²) >= 11 is 0. The number of morpholine rings is 1. The molecule has 0 amide bonds. The molecule has 0 bridgehead atoms. The lowest BCUT2D eigenvalue weighted by atomic mass is 10.2. The number of rotatable bonds is 4. The first-order chi connectivity index (χ1) is 9.81. The minimum absolute atomic E-state index is 0.222. The van der Waals surface area contributed by atoms with Gasteiger partial charge in [0.15, 0.2) is 0 Å². The second kappa shape index (κ2) is 6.15. The SMILES string of the molecule is Fc1ccc(-c2cn(CCN3CCOCC3)cn2)cc1. The molecule has 1 aliphatic rings. The van der Waals surface area contributed by atoms with Gasteiger partial charge in [-0.05, 0) is 24.3 Å². The maximum Gasteiger partial charge on any atom is 0.123 e. The van der Waals surface area contributed by atoms with Crippen molar-refractivity contribution >= 4 is 0 Å². The molecule has 2 heterocycles. The molecule has 1 aliphatic heterocycles. The van der Waals surface area contributed by atoms with Crippen LogP contribution in [0.25, 0.3) is 11.3 Å². The monoisotopic (exact) mass is 275 g/mol. The van der Waals surface area contributed by atoms with Crippen LogP contribution in [0, 0.1) is 5.82 Å². The number of nitrogens with zero attached hydrogens (tertiary/aromatic N) is 3. The van der Waals surface area contributed by atoms with Crippen LogP contribution in [0.4, 0.5) is 4.39 Å². The molecule has 2 aromatic rings. The predicted octanol–water partition coefficient (Wildman–Crippen LogP) is 2.02. The van der Waals surface area contributed by atoms with E-state index in [2.05, 4.69) is 14.5 Å². The van der Waals surface area contributed by atoms with Crippen molar-refractivity contribution in [1.29, 1.82) is 0 Å². The van der Waals surface area contributed by atoms with Gasteiger partial charge in [-0.3, -0.25) is 4.90 Å². The molecule has 5 heteroatoms. The highest BCUT2D eigenvalue weighted by Crippen LogP contribution is 2.17. The zero-order valence-corrected chi connectivity index (χ0v) is 11.3. The van der Waals surface area contributed by atoms with E-state index < -0.39 is 0 Å². The van der Waals surface area contributed by atoms with E-state index in [0.717, 1.165) is 50.7 Å². The van der Waals surface area contributed by atoms with E-state index >= 15 is 0 Å². The van der Waals surface area contributed by atoms with Gasteiger partial charge >= 0.3 is 0 Å². The average Bonchev–Trinajstić information content (AvgIpc) is 2.96. The average molecular weight is 275 g/mol. The third kappa shape index (κ3) is 3.23. The van der Waals surface area contributed by atoms with Crippen molar-refractivity contribution < 1.29 is 9.13 Å². The fraction of sp³-hybridized carbons (Fsp3) is 0.400. The number of benzene rings is 1. The molecule has 4 nitrogen and oxygen atoms in total. The van der Waals surface area contributed by atoms with Gasteiger partial charge in [0.05, 0.1) is 25.2 Å². The van der Waals surface area contributed by atoms with Crippen LogP contribution in [-0.2, 0) is 11.3 Å². The van der Waals surface area contributed by atoms with E-state index in [0.29, 0.717) is 0 Å². The smallest absolute Gasteiger partial charge is 0.123 e. The number of hydrogen-bond donors (Lipinski definition) is 0. The first kappa shape index (κ1) is 13.3. The van der Waals surface area contributed by atoms with Crippen LogP contribution in [0.5, 0.6) is 0 Å². The molecule has 0 aliphatic carbocycles. The van der Waals surface area contributed by atoms with Crippen LogP contribution in [0.2, 0.25) is 0 Å². The normalized spacial score (nSPS) is 16.4. The van der Waals surface area contributed by atoms with Gasteiger partial charge in [-0.1, -0.05) is 0 Å². The van der Waals surface area contributed by atoms with E-state index in [1.54, 1.807) is 12.1 Å². The van der Waals surface area contributed by atoms with Gasteiger partial charge in [-0.25, -0.2) is 9.37 Å². The summed E-state index contributed by atoms with van der Waals surface area (Å²) < 4.78 is 20.3. The first-order valence-electron chi connectivity index (χ1n) is 6.89. The molecule has 1 aromatic heterocycles. The van der Waals surface area contributed by atoms with E-state index in [1.807, 2.05) is 12.5 Å². The molecule has 0 N–H and O–H groups in total. The molecule has 3 rings (SSSR count). The highest BCUT2D eigenvalue weighted by molar-refractivity contribution is 5.57. The molecule has 20 heavy (non-hydrogen) atoms. The van der Waals surface area contributed by atoms with Crippen LogP contribution in [0.3, 0.4) is 0 Å². The second-order valence-corrected chi connectivity index (χ2v) is 4.96. The fourth-order valence-electron chi connectivity index (χ4n) is 2.33. The molecule has 0 unspecified atom stereocenters. The van der Waals surface area contributed by atoms with Crippen LogP contribution in [0.15, 0.2) is 36.8 Å². The van der Waals surface area contributed by atoms with Crippen molar-refractivity contribution in [1.82, 2.24) is 14.5 Å². The molecule has 1 saturated heterocycles.